The molecule has 3 rings (SSSR count). The lowest BCUT2D eigenvalue weighted by Gasteiger charge is -2.16. The molecule has 142 valence electrons. The summed E-state index contributed by atoms with van der Waals surface area (Å²) in [5.74, 6) is 1.31. The highest BCUT2D eigenvalue weighted by Crippen LogP contribution is 2.29. The first-order valence-corrected chi connectivity index (χ1v) is 9.82. The molecular weight excluding hydrogens is 360 g/mol. The Morgan fingerprint density at radius 3 is 2.56 bits per heavy atom. The van der Waals surface area contributed by atoms with E-state index in [0.717, 1.165) is 22.7 Å². The van der Waals surface area contributed by atoms with Crippen LogP contribution in [0.2, 0.25) is 0 Å². The van der Waals surface area contributed by atoms with Crippen LogP contribution in [-0.2, 0) is 6.54 Å². The molecule has 27 heavy (non-hydrogen) atoms. The van der Waals surface area contributed by atoms with Gasteiger partial charge < -0.3 is 9.47 Å². The molecular formula is C21H24N2O3S. The van der Waals surface area contributed by atoms with Gasteiger partial charge in [-0.15, -0.1) is 0 Å². The van der Waals surface area contributed by atoms with E-state index >= 15 is 0 Å². The highest BCUT2D eigenvalue weighted by molar-refractivity contribution is 7.99. The van der Waals surface area contributed by atoms with Gasteiger partial charge in [0.05, 0.1) is 31.7 Å². The molecule has 0 saturated carbocycles. The Bertz CT molecular complexity index is 1000. The molecule has 1 heterocycles. The summed E-state index contributed by atoms with van der Waals surface area (Å²) in [5, 5.41) is 1.74. The first kappa shape index (κ1) is 19.3. The Morgan fingerprint density at radius 1 is 1.11 bits per heavy atom. The van der Waals surface area contributed by atoms with Crippen LogP contribution in [0.4, 0.5) is 0 Å². The number of aromatic nitrogens is 2. The van der Waals surface area contributed by atoms with Gasteiger partial charge in [0.15, 0.2) is 16.7 Å². The minimum absolute atomic E-state index is 0.0267. The Kier molecular flexibility index (Phi) is 6.06. The van der Waals surface area contributed by atoms with E-state index in [0.29, 0.717) is 28.7 Å². The molecule has 0 radical (unpaired) electrons. The lowest BCUT2D eigenvalue weighted by atomic mass is 10.2. The summed E-state index contributed by atoms with van der Waals surface area (Å²) in [5.41, 5.74) is 1.66. The van der Waals surface area contributed by atoms with E-state index in [-0.39, 0.29) is 5.56 Å². The van der Waals surface area contributed by atoms with Crippen molar-refractivity contribution in [3.63, 3.8) is 0 Å². The number of para-hydroxylation sites is 1. The van der Waals surface area contributed by atoms with E-state index in [4.69, 9.17) is 14.5 Å². The van der Waals surface area contributed by atoms with E-state index in [2.05, 4.69) is 13.8 Å². The maximum Gasteiger partial charge on any atom is 0.262 e. The Hall–Kier alpha value is -2.47. The number of hydrogen-bond donors (Lipinski definition) is 0. The first-order chi connectivity index (χ1) is 13.1. The Morgan fingerprint density at radius 2 is 1.85 bits per heavy atom. The summed E-state index contributed by atoms with van der Waals surface area (Å²) in [7, 11) is 3.21. The van der Waals surface area contributed by atoms with E-state index in [1.165, 1.54) is 0 Å². The van der Waals surface area contributed by atoms with Gasteiger partial charge >= 0.3 is 0 Å². The fraction of sp³-hybridized carbons (Fsp3) is 0.333. The van der Waals surface area contributed by atoms with Crippen LogP contribution in [0.3, 0.4) is 0 Å². The van der Waals surface area contributed by atoms with Gasteiger partial charge in [0, 0.05) is 5.25 Å². The van der Waals surface area contributed by atoms with Gasteiger partial charge in [-0.2, -0.15) is 0 Å². The normalized spacial score (nSPS) is 12.1. The molecule has 0 saturated heterocycles. The van der Waals surface area contributed by atoms with Gasteiger partial charge in [0.25, 0.3) is 5.56 Å². The van der Waals surface area contributed by atoms with Crippen LogP contribution < -0.4 is 15.0 Å². The highest BCUT2D eigenvalue weighted by atomic mass is 32.2. The van der Waals surface area contributed by atoms with Crippen LogP contribution in [-0.4, -0.2) is 29.0 Å². The molecule has 0 aliphatic heterocycles. The van der Waals surface area contributed by atoms with Crippen molar-refractivity contribution >= 4 is 22.7 Å². The molecule has 1 unspecified atom stereocenters. The zero-order valence-corrected chi connectivity index (χ0v) is 16.9. The molecule has 0 spiro atoms. The number of nitrogens with zero attached hydrogens (tertiary/aromatic N) is 2. The zero-order chi connectivity index (χ0) is 19.4. The molecule has 1 atom stereocenters. The summed E-state index contributed by atoms with van der Waals surface area (Å²) in [6.07, 6.45) is 1.00. The number of ether oxygens (including phenoxy) is 2. The first-order valence-electron chi connectivity index (χ1n) is 8.94. The predicted octanol–water partition coefficient (Wildman–Crippen LogP) is 4.35. The number of benzene rings is 2. The van der Waals surface area contributed by atoms with Crippen LogP contribution >= 0.6 is 11.8 Å². The summed E-state index contributed by atoms with van der Waals surface area (Å²) in [4.78, 5) is 17.9. The SMILES string of the molecule is CCC(C)Sc1nc2ccccc2c(=O)n1Cc1ccc(OC)c(OC)c1. The second-order valence-corrected chi connectivity index (χ2v) is 7.73. The predicted molar refractivity (Wildman–Crippen MR) is 110 cm³/mol. The minimum Gasteiger partial charge on any atom is -0.493 e. The topological polar surface area (TPSA) is 53.4 Å². The molecule has 0 N–H and O–H groups in total. The van der Waals surface area contributed by atoms with Gasteiger partial charge in [0.2, 0.25) is 0 Å². The molecule has 3 aromatic rings. The zero-order valence-electron chi connectivity index (χ0n) is 16.1. The fourth-order valence-electron chi connectivity index (χ4n) is 2.80. The number of rotatable bonds is 7. The third kappa shape index (κ3) is 4.11. The van der Waals surface area contributed by atoms with Gasteiger partial charge in [-0.3, -0.25) is 9.36 Å². The average molecular weight is 385 g/mol. The quantitative estimate of drug-likeness (QED) is 0.448. The van der Waals surface area contributed by atoms with Crippen LogP contribution in [0.1, 0.15) is 25.8 Å². The molecule has 6 heteroatoms. The van der Waals surface area contributed by atoms with Crippen molar-refractivity contribution < 1.29 is 9.47 Å². The van der Waals surface area contributed by atoms with Crippen molar-refractivity contribution in [2.45, 2.75) is 37.2 Å². The average Bonchev–Trinajstić information content (AvgIpc) is 2.70. The molecule has 0 fully saturated rings. The molecule has 0 amide bonds. The van der Waals surface area contributed by atoms with Crippen LogP contribution in [0.25, 0.3) is 10.9 Å². The molecule has 0 aliphatic rings. The van der Waals surface area contributed by atoms with Crippen molar-refractivity contribution in [2.75, 3.05) is 14.2 Å². The number of hydrogen-bond acceptors (Lipinski definition) is 5. The van der Waals surface area contributed by atoms with Gasteiger partial charge in [-0.05, 0) is 36.2 Å². The summed E-state index contributed by atoms with van der Waals surface area (Å²) in [6, 6.07) is 13.2. The number of thioether (sulfide) groups is 1. The van der Waals surface area contributed by atoms with Gasteiger partial charge in [-0.25, -0.2) is 4.98 Å². The van der Waals surface area contributed by atoms with Crippen molar-refractivity contribution in [3.05, 3.63) is 58.4 Å². The fourth-order valence-corrected chi connectivity index (χ4v) is 3.75. The molecule has 0 aliphatic carbocycles. The molecule has 0 bridgehead atoms. The summed E-state index contributed by atoms with van der Waals surface area (Å²) in [6.45, 7) is 4.71. The number of methoxy groups -OCH3 is 2. The van der Waals surface area contributed by atoms with E-state index < -0.39 is 0 Å². The van der Waals surface area contributed by atoms with E-state index in [1.807, 2.05) is 42.5 Å². The molecule has 5 nitrogen and oxygen atoms in total. The standard InChI is InChI=1S/C21H24N2O3S/c1-5-14(2)27-21-22-17-9-7-6-8-16(17)20(24)23(21)13-15-10-11-18(25-3)19(12-15)26-4/h6-12,14H,5,13H2,1-4H3. The monoisotopic (exact) mass is 384 g/mol. The van der Waals surface area contributed by atoms with Crippen LogP contribution in [0, 0.1) is 0 Å². The maximum atomic E-state index is 13.2. The van der Waals surface area contributed by atoms with Crippen molar-refractivity contribution in [1.82, 2.24) is 9.55 Å². The summed E-state index contributed by atoms with van der Waals surface area (Å²) < 4.78 is 12.4. The number of fused-ring (bicyclic) bond motifs is 1. The second kappa shape index (κ2) is 8.48. The lowest BCUT2D eigenvalue weighted by molar-refractivity contribution is 0.354. The van der Waals surface area contributed by atoms with Crippen LogP contribution in [0.15, 0.2) is 52.4 Å². The maximum absolute atomic E-state index is 13.2. The third-order valence-corrected chi connectivity index (χ3v) is 5.75. The Labute approximate surface area is 163 Å². The van der Waals surface area contributed by atoms with Crippen molar-refractivity contribution in [1.29, 1.82) is 0 Å². The van der Waals surface area contributed by atoms with Crippen molar-refractivity contribution in [2.24, 2.45) is 0 Å². The molecule has 1 aromatic heterocycles. The van der Waals surface area contributed by atoms with Crippen molar-refractivity contribution in [3.8, 4) is 11.5 Å². The highest BCUT2D eigenvalue weighted by Gasteiger charge is 2.15. The second-order valence-electron chi connectivity index (χ2n) is 6.33. The summed E-state index contributed by atoms with van der Waals surface area (Å²) >= 11 is 1.63. The van der Waals surface area contributed by atoms with Crippen LogP contribution in [0.5, 0.6) is 11.5 Å². The lowest BCUT2D eigenvalue weighted by Crippen LogP contribution is -2.24. The minimum atomic E-state index is -0.0267. The van der Waals surface area contributed by atoms with Gasteiger partial charge in [-0.1, -0.05) is 43.8 Å². The smallest absolute Gasteiger partial charge is 0.262 e. The molecule has 2 aromatic carbocycles. The van der Waals surface area contributed by atoms with E-state index in [1.54, 1.807) is 30.5 Å². The third-order valence-electron chi connectivity index (χ3n) is 4.50. The Balaban J connectivity index is 2.10. The largest absolute Gasteiger partial charge is 0.493 e. The van der Waals surface area contributed by atoms with E-state index in [9.17, 15) is 4.79 Å². The van der Waals surface area contributed by atoms with Gasteiger partial charge in [0.1, 0.15) is 0 Å².